The number of nitrogens with zero attached hydrogens (tertiary/aromatic N) is 1. The van der Waals surface area contributed by atoms with Crippen LogP contribution in [0.3, 0.4) is 0 Å². The predicted molar refractivity (Wildman–Crippen MR) is 48.7 cm³/mol. The molecule has 0 radical (unpaired) electrons. The lowest BCUT2D eigenvalue weighted by Crippen LogP contribution is -1.92. The van der Waals surface area contributed by atoms with Gasteiger partial charge in [-0.05, 0) is 24.5 Å². The SMILES string of the molecule is COc1ccc(C2C[C@@H]2CO)nc1. The fraction of sp³-hybridized carbons (Fsp3) is 0.500. The summed E-state index contributed by atoms with van der Waals surface area (Å²) in [5.74, 6) is 1.68. The summed E-state index contributed by atoms with van der Waals surface area (Å²) in [5, 5.41) is 8.89. The van der Waals surface area contributed by atoms with Crippen molar-refractivity contribution in [2.24, 2.45) is 5.92 Å². The molecule has 0 bridgehead atoms. The molecule has 1 aromatic heterocycles. The van der Waals surface area contributed by atoms with E-state index in [0.29, 0.717) is 11.8 Å². The zero-order valence-electron chi connectivity index (χ0n) is 7.60. The fourth-order valence-electron chi connectivity index (χ4n) is 1.54. The average Bonchev–Trinajstić information content (AvgIpc) is 2.97. The zero-order valence-corrected chi connectivity index (χ0v) is 7.60. The highest BCUT2D eigenvalue weighted by atomic mass is 16.5. The van der Waals surface area contributed by atoms with Crippen LogP contribution in [0.1, 0.15) is 18.0 Å². The van der Waals surface area contributed by atoms with E-state index in [1.165, 1.54) is 0 Å². The Morgan fingerprint density at radius 3 is 2.92 bits per heavy atom. The van der Waals surface area contributed by atoms with Crippen LogP contribution < -0.4 is 4.74 Å². The first-order chi connectivity index (χ1) is 6.35. The van der Waals surface area contributed by atoms with Crippen LogP contribution in [0.25, 0.3) is 0 Å². The minimum Gasteiger partial charge on any atom is -0.495 e. The summed E-state index contributed by atoms with van der Waals surface area (Å²) in [7, 11) is 1.63. The van der Waals surface area contributed by atoms with E-state index in [1.807, 2.05) is 12.1 Å². The van der Waals surface area contributed by atoms with Gasteiger partial charge in [0.1, 0.15) is 5.75 Å². The van der Waals surface area contributed by atoms with Crippen molar-refractivity contribution in [1.29, 1.82) is 0 Å². The smallest absolute Gasteiger partial charge is 0.137 e. The molecule has 13 heavy (non-hydrogen) atoms. The molecule has 0 saturated heterocycles. The first-order valence-electron chi connectivity index (χ1n) is 4.46. The van der Waals surface area contributed by atoms with Crippen molar-refractivity contribution in [3.63, 3.8) is 0 Å². The molecule has 3 nitrogen and oxygen atoms in total. The second-order valence-corrected chi connectivity index (χ2v) is 3.41. The third-order valence-electron chi connectivity index (χ3n) is 2.53. The largest absolute Gasteiger partial charge is 0.495 e. The normalized spacial score (nSPS) is 25.7. The lowest BCUT2D eigenvalue weighted by Gasteiger charge is -2.00. The van der Waals surface area contributed by atoms with Crippen molar-refractivity contribution >= 4 is 0 Å². The summed E-state index contributed by atoms with van der Waals surface area (Å²) in [6, 6.07) is 3.88. The minimum atomic E-state index is 0.276. The first-order valence-corrected chi connectivity index (χ1v) is 4.46. The number of aliphatic hydroxyl groups is 1. The van der Waals surface area contributed by atoms with Crippen molar-refractivity contribution in [2.75, 3.05) is 13.7 Å². The number of pyridine rings is 1. The Morgan fingerprint density at radius 2 is 2.46 bits per heavy atom. The van der Waals surface area contributed by atoms with Crippen molar-refractivity contribution in [3.05, 3.63) is 24.0 Å². The number of rotatable bonds is 3. The molecule has 0 aromatic carbocycles. The number of hydrogen-bond acceptors (Lipinski definition) is 3. The first kappa shape index (κ1) is 8.51. The molecular weight excluding hydrogens is 166 g/mol. The van der Waals surface area contributed by atoms with E-state index < -0.39 is 0 Å². The Labute approximate surface area is 77.4 Å². The third-order valence-corrected chi connectivity index (χ3v) is 2.53. The Balaban J connectivity index is 2.07. The van der Waals surface area contributed by atoms with Crippen LogP contribution in [-0.2, 0) is 0 Å². The maximum absolute atomic E-state index is 8.89. The molecule has 2 atom stereocenters. The summed E-state index contributed by atoms with van der Waals surface area (Å²) in [6.07, 6.45) is 2.79. The summed E-state index contributed by atoms with van der Waals surface area (Å²) in [4.78, 5) is 4.27. The Bertz CT molecular complexity index is 283. The van der Waals surface area contributed by atoms with Crippen molar-refractivity contribution < 1.29 is 9.84 Å². The van der Waals surface area contributed by atoms with Gasteiger partial charge in [-0.15, -0.1) is 0 Å². The molecule has 3 heteroatoms. The molecule has 1 unspecified atom stereocenters. The zero-order chi connectivity index (χ0) is 9.26. The molecule has 1 N–H and O–H groups in total. The number of ether oxygens (including phenoxy) is 1. The van der Waals surface area contributed by atoms with Gasteiger partial charge in [0, 0.05) is 18.2 Å². The summed E-state index contributed by atoms with van der Waals surface area (Å²) in [5.41, 5.74) is 1.07. The predicted octanol–water partition coefficient (Wildman–Crippen LogP) is 1.19. The molecule has 1 aliphatic rings. The van der Waals surface area contributed by atoms with Crippen LogP contribution in [-0.4, -0.2) is 23.8 Å². The van der Waals surface area contributed by atoms with E-state index in [1.54, 1.807) is 13.3 Å². The van der Waals surface area contributed by atoms with Gasteiger partial charge in [-0.25, -0.2) is 0 Å². The number of aromatic nitrogens is 1. The van der Waals surface area contributed by atoms with Gasteiger partial charge in [-0.2, -0.15) is 0 Å². The molecule has 2 rings (SSSR count). The lowest BCUT2D eigenvalue weighted by molar-refractivity contribution is 0.273. The summed E-state index contributed by atoms with van der Waals surface area (Å²) >= 11 is 0. The van der Waals surface area contributed by atoms with Crippen molar-refractivity contribution in [2.45, 2.75) is 12.3 Å². The van der Waals surface area contributed by atoms with Gasteiger partial charge in [0.2, 0.25) is 0 Å². The third kappa shape index (κ3) is 1.65. The molecule has 1 fully saturated rings. The Morgan fingerprint density at radius 1 is 1.62 bits per heavy atom. The Hall–Kier alpha value is -1.09. The van der Waals surface area contributed by atoms with Crippen LogP contribution in [0.2, 0.25) is 0 Å². The van der Waals surface area contributed by atoms with E-state index in [0.717, 1.165) is 17.9 Å². The topological polar surface area (TPSA) is 42.4 Å². The van der Waals surface area contributed by atoms with E-state index in [2.05, 4.69) is 4.98 Å². The van der Waals surface area contributed by atoms with Crippen LogP contribution in [0.4, 0.5) is 0 Å². The van der Waals surface area contributed by atoms with Crippen LogP contribution in [0.15, 0.2) is 18.3 Å². The number of methoxy groups -OCH3 is 1. The highest BCUT2D eigenvalue weighted by Gasteiger charge is 2.38. The van der Waals surface area contributed by atoms with Crippen molar-refractivity contribution in [3.8, 4) is 5.75 Å². The van der Waals surface area contributed by atoms with Crippen LogP contribution in [0.5, 0.6) is 5.75 Å². The molecule has 1 aliphatic carbocycles. The molecule has 0 aliphatic heterocycles. The minimum absolute atomic E-state index is 0.276. The second kappa shape index (κ2) is 3.34. The molecule has 0 spiro atoms. The Kier molecular flexibility index (Phi) is 2.19. The van der Waals surface area contributed by atoms with E-state index in [4.69, 9.17) is 9.84 Å². The molecule has 70 valence electrons. The van der Waals surface area contributed by atoms with Gasteiger partial charge in [0.05, 0.1) is 13.3 Å². The molecule has 0 amide bonds. The maximum Gasteiger partial charge on any atom is 0.137 e. The fourth-order valence-corrected chi connectivity index (χ4v) is 1.54. The van der Waals surface area contributed by atoms with E-state index in [-0.39, 0.29) is 6.61 Å². The summed E-state index contributed by atoms with van der Waals surface area (Å²) < 4.78 is 5.01. The van der Waals surface area contributed by atoms with E-state index >= 15 is 0 Å². The van der Waals surface area contributed by atoms with Gasteiger partial charge >= 0.3 is 0 Å². The highest BCUT2D eigenvalue weighted by Crippen LogP contribution is 2.46. The standard InChI is InChI=1S/C10H13NO2/c1-13-8-2-3-10(11-5-8)9-4-7(9)6-12/h2-3,5,7,9,12H,4,6H2,1H3/t7-,9?/m1/s1. The quantitative estimate of drug-likeness (QED) is 0.757. The van der Waals surface area contributed by atoms with Gasteiger partial charge in [0.25, 0.3) is 0 Å². The average molecular weight is 179 g/mol. The molecule has 1 heterocycles. The second-order valence-electron chi connectivity index (χ2n) is 3.41. The van der Waals surface area contributed by atoms with Crippen molar-refractivity contribution in [1.82, 2.24) is 4.98 Å². The van der Waals surface area contributed by atoms with E-state index in [9.17, 15) is 0 Å². The molecular formula is C10H13NO2. The van der Waals surface area contributed by atoms with Gasteiger partial charge < -0.3 is 9.84 Å². The van der Waals surface area contributed by atoms with Gasteiger partial charge in [-0.1, -0.05) is 0 Å². The molecule has 1 saturated carbocycles. The number of aliphatic hydroxyl groups excluding tert-OH is 1. The van der Waals surface area contributed by atoms with Crippen LogP contribution in [0, 0.1) is 5.92 Å². The molecule has 1 aromatic rings. The van der Waals surface area contributed by atoms with Crippen LogP contribution >= 0.6 is 0 Å². The highest BCUT2D eigenvalue weighted by molar-refractivity contribution is 5.25. The van der Waals surface area contributed by atoms with Gasteiger partial charge in [-0.3, -0.25) is 4.98 Å². The van der Waals surface area contributed by atoms with Gasteiger partial charge in [0.15, 0.2) is 0 Å². The maximum atomic E-state index is 8.89. The monoisotopic (exact) mass is 179 g/mol. The summed E-state index contributed by atoms with van der Waals surface area (Å²) in [6.45, 7) is 0.276. The lowest BCUT2D eigenvalue weighted by atomic mass is 10.2. The number of hydrogen-bond donors (Lipinski definition) is 1.